The summed E-state index contributed by atoms with van der Waals surface area (Å²) in [5, 5.41) is 9.08. The molecule has 0 saturated heterocycles. The third-order valence-electron chi connectivity index (χ3n) is 3.01. The van der Waals surface area contributed by atoms with Crippen molar-refractivity contribution in [1.82, 2.24) is 9.97 Å². The van der Waals surface area contributed by atoms with Crippen LogP contribution in [0.15, 0.2) is 54.7 Å². The number of hydrogen-bond acceptors (Lipinski definition) is 3. The van der Waals surface area contributed by atoms with E-state index in [1.54, 1.807) is 6.20 Å². The van der Waals surface area contributed by atoms with Gasteiger partial charge in [0.2, 0.25) is 0 Å². The van der Waals surface area contributed by atoms with Gasteiger partial charge in [-0.2, -0.15) is 5.26 Å². The molecule has 0 fully saturated rings. The summed E-state index contributed by atoms with van der Waals surface area (Å²) in [7, 11) is 0. The summed E-state index contributed by atoms with van der Waals surface area (Å²) in [6.07, 6.45) is 2.40. The van der Waals surface area contributed by atoms with Crippen LogP contribution >= 0.6 is 0 Å². The summed E-state index contributed by atoms with van der Waals surface area (Å²) >= 11 is 0. The number of rotatable bonds is 2. The first-order valence-corrected chi connectivity index (χ1v) is 6.05. The smallest absolute Gasteiger partial charge is 0.0994 e. The lowest BCUT2D eigenvalue weighted by Crippen LogP contribution is -1.96. The predicted octanol–water partition coefficient (Wildman–Crippen LogP) is 3.09. The Labute approximate surface area is 111 Å². The van der Waals surface area contributed by atoms with Crippen LogP contribution in [0.4, 0.5) is 0 Å². The molecule has 0 bridgehead atoms. The molecule has 3 rings (SSSR count). The van der Waals surface area contributed by atoms with Crippen molar-refractivity contribution in [3.63, 3.8) is 0 Å². The Balaban J connectivity index is 1.99. The molecule has 0 unspecified atom stereocenters. The molecule has 0 amide bonds. The fourth-order valence-corrected chi connectivity index (χ4v) is 2.06. The van der Waals surface area contributed by atoms with E-state index in [2.05, 4.69) is 16.0 Å². The van der Waals surface area contributed by atoms with E-state index in [0.717, 1.165) is 22.3 Å². The molecule has 90 valence electrons. The average molecular weight is 245 g/mol. The van der Waals surface area contributed by atoms with Gasteiger partial charge in [0.15, 0.2) is 0 Å². The molecule has 0 atom stereocenters. The number of para-hydroxylation sites is 2. The van der Waals surface area contributed by atoms with E-state index in [9.17, 15) is 0 Å². The van der Waals surface area contributed by atoms with Crippen LogP contribution < -0.4 is 0 Å². The van der Waals surface area contributed by atoms with Crippen molar-refractivity contribution < 1.29 is 0 Å². The zero-order chi connectivity index (χ0) is 13.1. The lowest BCUT2D eigenvalue weighted by Gasteiger charge is -2.04. The molecule has 0 aliphatic rings. The van der Waals surface area contributed by atoms with Gasteiger partial charge in [0.25, 0.3) is 0 Å². The van der Waals surface area contributed by atoms with Gasteiger partial charge in [-0.15, -0.1) is 0 Å². The van der Waals surface area contributed by atoms with Crippen LogP contribution in [0.2, 0.25) is 0 Å². The summed E-state index contributed by atoms with van der Waals surface area (Å²) in [6, 6.07) is 17.6. The van der Waals surface area contributed by atoms with Gasteiger partial charge in [-0.3, -0.25) is 4.98 Å². The standard InChI is InChI=1S/C16H11N3/c17-10-13-6-2-1-5-12(13)9-14-11-18-15-7-3-4-8-16(15)19-14/h1-8,11H,9H2. The van der Waals surface area contributed by atoms with Crippen LogP contribution in [0.1, 0.15) is 16.8 Å². The number of fused-ring (bicyclic) bond motifs is 1. The minimum Gasteiger partial charge on any atom is -0.253 e. The zero-order valence-corrected chi connectivity index (χ0v) is 10.2. The molecule has 0 N–H and O–H groups in total. The van der Waals surface area contributed by atoms with Crippen molar-refractivity contribution in [2.45, 2.75) is 6.42 Å². The summed E-state index contributed by atoms with van der Waals surface area (Å²) in [5.41, 5.74) is 4.32. The van der Waals surface area contributed by atoms with E-state index in [-0.39, 0.29) is 0 Å². The Morgan fingerprint density at radius 3 is 2.53 bits per heavy atom. The molecular formula is C16H11N3. The van der Waals surface area contributed by atoms with Crippen molar-refractivity contribution in [2.24, 2.45) is 0 Å². The number of nitrogens with zero attached hydrogens (tertiary/aromatic N) is 3. The van der Waals surface area contributed by atoms with Crippen molar-refractivity contribution in [1.29, 1.82) is 5.26 Å². The molecule has 2 aromatic carbocycles. The fourth-order valence-electron chi connectivity index (χ4n) is 2.06. The predicted molar refractivity (Wildman–Crippen MR) is 73.5 cm³/mol. The van der Waals surface area contributed by atoms with Crippen LogP contribution in [0.3, 0.4) is 0 Å². The fraction of sp³-hybridized carbons (Fsp3) is 0.0625. The normalized spacial score (nSPS) is 10.3. The van der Waals surface area contributed by atoms with Crippen molar-refractivity contribution >= 4 is 11.0 Å². The molecular weight excluding hydrogens is 234 g/mol. The number of aromatic nitrogens is 2. The van der Waals surface area contributed by atoms with Gasteiger partial charge in [-0.1, -0.05) is 30.3 Å². The SMILES string of the molecule is N#Cc1ccccc1Cc1cnc2ccccc2n1. The van der Waals surface area contributed by atoms with Crippen molar-refractivity contribution in [3.05, 3.63) is 71.5 Å². The van der Waals surface area contributed by atoms with E-state index < -0.39 is 0 Å². The highest BCUT2D eigenvalue weighted by Crippen LogP contribution is 2.14. The first-order valence-electron chi connectivity index (χ1n) is 6.05. The lowest BCUT2D eigenvalue weighted by molar-refractivity contribution is 1.06. The molecule has 0 saturated carbocycles. The van der Waals surface area contributed by atoms with Gasteiger partial charge in [0.05, 0.1) is 28.4 Å². The number of nitriles is 1. The first kappa shape index (κ1) is 11.4. The summed E-state index contributed by atoms with van der Waals surface area (Å²) < 4.78 is 0. The van der Waals surface area contributed by atoms with Crippen LogP contribution in [-0.4, -0.2) is 9.97 Å². The molecule has 0 radical (unpaired) electrons. The van der Waals surface area contributed by atoms with Gasteiger partial charge in [0.1, 0.15) is 0 Å². The zero-order valence-electron chi connectivity index (χ0n) is 10.2. The highest BCUT2D eigenvalue weighted by Gasteiger charge is 2.04. The van der Waals surface area contributed by atoms with Crippen LogP contribution in [0, 0.1) is 11.3 Å². The summed E-state index contributed by atoms with van der Waals surface area (Å²) in [6.45, 7) is 0. The molecule has 0 spiro atoms. The van der Waals surface area contributed by atoms with Gasteiger partial charge in [0, 0.05) is 12.6 Å². The Morgan fingerprint density at radius 1 is 0.947 bits per heavy atom. The number of benzene rings is 2. The second kappa shape index (κ2) is 4.87. The molecule has 0 aliphatic heterocycles. The van der Waals surface area contributed by atoms with Crippen LogP contribution in [0.25, 0.3) is 11.0 Å². The van der Waals surface area contributed by atoms with Gasteiger partial charge >= 0.3 is 0 Å². The molecule has 3 heteroatoms. The minimum atomic E-state index is 0.627. The maximum Gasteiger partial charge on any atom is 0.0994 e. The van der Waals surface area contributed by atoms with Gasteiger partial charge in [-0.25, -0.2) is 4.98 Å². The topological polar surface area (TPSA) is 49.6 Å². The first-order chi connectivity index (χ1) is 9.36. The maximum atomic E-state index is 9.08. The van der Waals surface area contributed by atoms with E-state index >= 15 is 0 Å². The number of hydrogen-bond donors (Lipinski definition) is 0. The van der Waals surface area contributed by atoms with E-state index in [1.165, 1.54) is 0 Å². The Hall–Kier alpha value is -2.73. The largest absolute Gasteiger partial charge is 0.253 e. The Bertz CT molecular complexity index is 772. The second-order valence-electron chi connectivity index (χ2n) is 4.30. The Kier molecular flexibility index (Phi) is 2.91. The molecule has 19 heavy (non-hydrogen) atoms. The van der Waals surface area contributed by atoms with E-state index in [4.69, 9.17) is 5.26 Å². The molecule has 3 aromatic rings. The maximum absolute atomic E-state index is 9.08. The van der Waals surface area contributed by atoms with Crippen molar-refractivity contribution in [3.8, 4) is 6.07 Å². The molecule has 0 aliphatic carbocycles. The lowest BCUT2D eigenvalue weighted by atomic mass is 10.0. The molecule has 1 aromatic heterocycles. The van der Waals surface area contributed by atoms with E-state index in [1.807, 2.05) is 48.5 Å². The Morgan fingerprint density at radius 2 is 1.68 bits per heavy atom. The third-order valence-corrected chi connectivity index (χ3v) is 3.01. The third kappa shape index (κ3) is 2.29. The van der Waals surface area contributed by atoms with E-state index in [0.29, 0.717) is 12.0 Å². The van der Waals surface area contributed by atoms with Crippen LogP contribution in [-0.2, 0) is 6.42 Å². The average Bonchev–Trinajstić information content (AvgIpc) is 2.48. The van der Waals surface area contributed by atoms with Crippen LogP contribution in [0.5, 0.6) is 0 Å². The quantitative estimate of drug-likeness (QED) is 0.697. The van der Waals surface area contributed by atoms with Gasteiger partial charge in [-0.05, 0) is 23.8 Å². The van der Waals surface area contributed by atoms with Gasteiger partial charge < -0.3 is 0 Å². The molecule has 3 nitrogen and oxygen atoms in total. The van der Waals surface area contributed by atoms with Crippen molar-refractivity contribution in [2.75, 3.05) is 0 Å². The summed E-state index contributed by atoms with van der Waals surface area (Å²) in [4.78, 5) is 8.96. The monoisotopic (exact) mass is 245 g/mol. The highest BCUT2D eigenvalue weighted by molar-refractivity contribution is 5.73. The highest BCUT2D eigenvalue weighted by atomic mass is 14.8. The minimum absolute atomic E-state index is 0.627. The second-order valence-corrected chi connectivity index (χ2v) is 4.30. The summed E-state index contributed by atoms with van der Waals surface area (Å²) in [5.74, 6) is 0. The molecule has 1 heterocycles.